The van der Waals surface area contributed by atoms with Crippen LogP contribution in [-0.4, -0.2) is 45.5 Å². The highest BCUT2D eigenvalue weighted by Gasteiger charge is 2.23. The molecular formula is C25H25ClN2O6S. The highest BCUT2D eigenvalue weighted by molar-refractivity contribution is 7.89. The fraction of sp³-hybridized carbons (Fsp3) is 0.240. The molecule has 1 aliphatic heterocycles. The number of benzene rings is 3. The zero-order chi connectivity index (χ0) is 25.0. The van der Waals surface area contributed by atoms with E-state index in [-0.39, 0.29) is 17.3 Å². The van der Waals surface area contributed by atoms with Gasteiger partial charge in [0.1, 0.15) is 19.0 Å². The molecule has 0 saturated carbocycles. The minimum Gasteiger partial charge on any atom is -0.494 e. The van der Waals surface area contributed by atoms with Crippen molar-refractivity contribution < 1.29 is 27.4 Å². The fourth-order valence-corrected chi connectivity index (χ4v) is 4.85. The summed E-state index contributed by atoms with van der Waals surface area (Å²) in [4.78, 5) is 13.1. The molecule has 1 amide bonds. The van der Waals surface area contributed by atoms with Gasteiger partial charge in [-0.3, -0.25) is 4.79 Å². The molecule has 0 spiro atoms. The number of ether oxygens (including phenoxy) is 3. The molecule has 1 aliphatic rings. The van der Waals surface area contributed by atoms with E-state index < -0.39 is 10.0 Å². The number of nitrogens with zero attached hydrogens (tertiary/aromatic N) is 1. The first-order chi connectivity index (χ1) is 16.8. The number of amides is 1. The van der Waals surface area contributed by atoms with Crippen LogP contribution < -0.4 is 19.5 Å². The predicted octanol–water partition coefficient (Wildman–Crippen LogP) is 4.58. The summed E-state index contributed by atoms with van der Waals surface area (Å²) in [6.45, 7) is 3.16. The van der Waals surface area contributed by atoms with E-state index in [9.17, 15) is 13.2 Å². The molecule has 4 rings (SSSR count). The summed E-state index contributed by atoms with van der Waals surface area (Å²) < 4.78 is 44.0. The summed E-state index contributed by atoms with van der Waals surface area (Å²) in [5.41, 5.74) is 1.47. The van der Waals surface area contributed by atoms with Crippen molar-refractivity contribution in [1.29, 1.82) is 0 Å². The first-order valence-electron chi connectivity index (χ1n) is 11.0. The lowest BCUT2D eigenvalue weighted by Gasteiger charge is -2.20. The van der Waals surface area contributed by atoms with Crippen LogP contribution in [0.2, 0.25) is 5.02 Å². The monoisotopic (exact) mass is 516 g/mol. The van der Waals surface area contributed by atoms with Crippen molar-refractivity contribution in [2.45, 2.75) is 18.4 Å². The summed E-state index contributed by atoms with van der Waals surface area (Å²) in [5.74, 6) is 1.34. The van der Waals surface area contributed by atoms with Crippen molar-refractivity contribution in [3.63, 3.8) is 0 Å². The first-order valence-corrected chi connectivity index (χ1v) is 12.8. The van der Waals surface area contributed by atoms with Gasteiger partial charge in [-0.1, -0.05) is 11.6 Å². The van der Waals surface area contributed by atoms with Gasteiger partial charge in [0, 0.05) is 41.5 Å². The number of hydrogen-bond acceptors (Lipinski definition) is 6. The Balaban J connectivity index is 1.56. The van der Waals surface area contributed by atoms with Crippen molar-refractivity contribution in [1.82, 2.24) is 4.31 Å². The summed E-state index contributed by atoms with van der Waals surface area (Å²) >= 11 is 5.89. The Kier molecular flexibility index (Phi) is 7.49. The second-order valence-electron chi connectivity index (χ2n) is 7.78. The van der Waals surface area contributed by atoms with Gasteiger partial charge in [-0.25, -0.2) is 8.42 Å². The van der Waals surface area contributed by atoms with Gasteiger partial charge in [0.05, 0.1) is 11.5 Å². The first kappa shape index (κ1) is 24.8. The molecule has 0 aromatic heterocycles. The van der Waals surface area contributed by atoms with E-state index in [1.165, 1.54) is 35.6 Å². The molecule has 35 heavy (non-hydrogen) atoms. The van der Waals surface area contributed by atoms with Crippen LogP contribution in [0.4, 0.5) is 5.69 Å². The number of carbonyl (C=O) groups is 1. The van der Waals surface area contributed by atoms with E-state index in [1.54, 1.807) is 36.4 Å². The maximum atomic E-state index is 13.0. The molecule has 184 valence electrons. The molecular weight excluding hydrogens is 492 g/mol. The van der Waals surface area contributed by atoms with Gasteiger partial charge in [-0.2, -0.15) is 4.31 Å². The lowest BCUT2D eigenvalue weighted by molar-refractivity contribution is 0.102. The number of hydrogen-bond donors (Lipinski definition) is 1. The third-order valence-corrected chi connectivity index (χ3v) is 7.41. The summed E-state index contributed by atoms with van der Waals surface area (Å²) in [6, 6.07) is 16.1. The Bertz CT molecular complexity index is 1330. The van der Waals surface area contributed by atoms with E-state index in [0.717, 1.165) is 0 Å². The van der Waals surface area contributed by atoms with E-state index >= 15 is 0 Å². The summed E-state index contributed by atoms with van der Waals surface area (Å²) in [6.07, 6.45) is 0. The number of halogens is 1. The number of sulfonamides is 1. The predicted molar refractivity (Wildman–Crippen MR) is 133 cm³/mol. The molecule has 8 nitrogen and oxygen atoms in total. The third kappa shape index (κ3) is 5.70. The van der Waals surface area contributed by atoms with Crippen LogP contribution >= 0.6 is 11.6 Å². The molecule has 3 aromatic carbocycles. The molecule has 3 aromatic rings. The minimum absolute atomic E-state index is 0.00539. The normalized spacial score (nSPS) is 12.9. The second-order valence-corrected chi connectivity index (χ2v) is 10.3. The molecule has 0 saturated heterocycles. The van der Waals surface area contributed by atoms with Gasteiger partial charge in [0.25, 0.3) is 5.91 Å². The zero-order valence-electron chi connectivity index (χ0n) is 19.3. The molecule has 1 N–H and O–H groups in total. The Labute approximate surface area is 209 Å². The van der Waals surface area contributed by atoms with Gasteiger partial charge in [-0.15, -0.1) is 0 Å². The zero-order valence-corrected chi connectivity index (χ0v) is 20.9. The van der Waals surface area contributed by atoms with Gasteiger partial charge in [0.15, 0.2) is 11.5 Å². The number of fused-ring (bicyclic) bond motifs is 1. The minimum atomic E-state index is -3.78. The maximum absolute atomic E-state index is 13.0. The molecule has 0 fully saturated rings. The van der Waals surface area contributed by atoms with E-state index in [0.29, 0.717) is 58.9 Å². The molecule has 1 heterocycles. The van der Waals surface area contributed by atoms with Crippen LogP contribution in [-0.2, 0) is 16.6 Å². The van der Waals surface area contributed by atoms with E-state index in [2.05, 4.69) is 5.32 Å². The van der Waals surface area contributed by atoms with Crippen LogP contribution in [0, 0.1) is 0 Å². The topological polar surface area (TPSA) is 94.2 Å². The maximum Gasteiger partial charge on any atom is 0.255 e. The smallest absolute Gasteiger partial charge is 0.255 e. The third-order valence-electron chi connectivity index (χ3n) is 5.34. The van der Waals surface area contributed by atoms with Crippen LogP contribution in [0.5, 0.6) is 17.2 Å². The fourth-order valence-electron chi connectivity index (χ4n) is 3.58. The summed E-state index contributed by atoms with van der Waals surface area (Å²) in [7, 11) is -2.31. The van der Waals surface area contributed by atoms with Crippen molar-refractivity contribution in [3.8, 4) is 17.2 Å². The average molecular weight is 517 g/mol. The molecule has 0 radical (unpaired) electrons. The van der Waals surface area contributed by atoms with Crippen molar-refractivity contribution in [2.24, 2.45) is 0 Å². The lowest BCUT2D eigenvalue weighted by atomic mass is 10.1. The molecule has 0 bridgehead atoms. The van der Waals surface area contributed by atoms with Gasteiger partial charge in [0.2, 0.25) is 10.0 Å². The van der Waals surface area contributed by atoms with Crippen molar-refractivity contribution >= 4 is 33.2 Å². The Morgan fingerprint density at radius 1 is 1.03 bits per heavy atom. The van der Waals surface area contributed by atoms with Crippen LogP contribution in [0.3, 0.4) is 0 Å². The SMILES string of the molecule is CCOc1ccc(C(=O)Nc2ccc3c(c2)OCCO3)cc1CN(C)S(=O)(=O)c1ccc(Cl)cc1. The lowest BCUT2D eigenvalue weighted by Crippen LogP contribution is -2.27. The van der Waals surface area contributed by atoms with Crippen LogP contribution in [0.1, 0.15) is 22.8 Å². The average Bonchev–Trinajstić information content (AvgIpc) is 2.85. The van der Waals surface area contributed by atoms with E-state index in [4.69, 9.17) is 25.8 Å². The number of carbonyl (C=O) groups excluding carboxylic acids is 1. The quantitative estimate of drug-likeness (QED) is 0.471. The summed E-state index contributed by atoms with van der Waals surface area (Å²) in [5, 5.41) is 3.29. The molecule has 10 heteroatoms. The van der Waals surface area contributed by atoms with Gasteiger partial charge in [-0.05, 0) is 61.5 Å². The number of rotatable bonds is 8. The van der Waals surface area contributed by atoms with Crippen molar-refractivity contribution in [3.05, 3.63) is 76.8 Å². The van der Waals surface area contributed by atoms with Crippen LogP contribution in [0.15, 0.2) is 65.6 Å². The van der Waals surface area contributed by atoms with Gasteiger partial charge >= 0.3 is 0 Å². The number of anilines is 1. The van der Waals surface area contributed by atoms with E-state index in [1.807, 2.05) is 6.92 Å². The highest BCUT2D eigenvalue weighted by Crippen LogP contribution is 2.33. The molecule has 0 unspecified atom stereocenters. The largest absolute Gasteiger partial charge is 0.494 e. The van der Waals surface area contributed by atoms with Gasteiger partial charge < -0.3 is 19.5 Å². The van der Waals surface area contributed by atoms with Crippen LogP contribution in [0.25, 0.3) is 0 Å². The Morgan fingerprint density at radius 2 is 1.74 bits per heavy atom. The molecule has 0 atom stereocenters. The second kappa shape index (κ2) is 10.6. The molecule has 0 aliphatic carbocycles. The van der Waals surface area contributed by atoms with Crippen molar-refractivity contribution in [2.75, 3.05) is 32.2 Å². The Morgan fingerprint density at radius 3 is 2.46 bits per heavy atom. The standard InChI is InChI=1S/C25H25ClN2O6S/c1-3-32-22-10-4-17(25(29)27-20-7-11-23-24(15-20)34-13-12-33-23)14-18(22)16-28(2)35(30,31)21-8-5-19(26)6-9-21/h4-11,14-15H,3,12-13,16H2,1-2H3,(H,27,29). The number of nitrogens with one attached hydrogen (secondary N) is 1. The Hall–Kier alpha value is -3.27. The highest BCUT2D eigenvalue weighted by atomic mass is 35.5.